The largest absolute Gasteiger partial charge is 0.345 e. The predicted octanol–water partition coefficient (Wildman–Crippen LogP) is 2.28. The Morgan fingerprint density at radius 3 is 2.29 bits per heavy atom. The second-order valence-electron chi connectivity index (χ2n) is 4.10. The van der Waals surface area contributed by atoms with Gasteiger partial charge in [0.05, 0.1) is 11.3 Å². The third-order valence-corrected chi connectivity index (χ3v) is 2.70. The van der Waals surface area contributed by atoms with Crippen LogP contribution < -0.4 is 5.32 Å². The fourth-order valence-electron chi connectivity index (χ4n) is 1.46. The van der Waals surface area contributed by atoms with Crippen molar-refractivity contribution in [3.63, 3.8) is 0 Å². The van der Waals surface area contributed by atoms with Gasteiger partial charge >= 0.3 is 0 Å². The Kier molecular flexibility index (Phi) is 5.31. The van der Waals surface area contributed by atoms with Crippen molar-refractivity contribution in [1.29, 1.82) is 15.8 Å². The van der Waals surface area contributed by atoms with Crippen molar-refractivity contribution in [2.45, 2.75) is 0 Å². The van der Waals surface area contributed by atoms with E-state index >= 15 is 0 Å². The SMILES string of the molecule is CN(C)C(=O)c1cc(Cl)ccc1NC(C#N)=C(C#N)C#N. The Balaban J connectivity index is 3.37. The highest BCUT2D eigenvalue weighted by atomic mass is 35.5. The second-order valence-corrected chi connectivity index (χ2v) is 4.54. The Labute approximate surface area is 127 Å². The van der Waals surface area contributed by atoms with E-state index in [1.165, 1.54) is 23.1 Å². The molecular weight excluding hydrogens is 290 g/mol. The number of halogens is 1. The normalized spacial score (nSPS) is 8.76. The van der Waals surface area contributed by atoms with Crippen LogP contribution in [0.3, 0.4) is 0 Å². The van der Waals surface area contributed by atoms with Crippen LogP contribution in [0.4, 0.5) is 5.69 Å². The van der Waals surface area contributed by atoms with Crippen molar-refractivity contribution in [2.24, 2.45) is 0 Å². The summed E-state index contributed by atoms with van der Waals surface area (Å²) in [6.45, 7) is 0. The van der Waals surface area contributed by atoms with Crippen LogP contribution in [0.25, 0.3) is 0 Å². The number of rotatable bonds is 3. The molecule has 6 nitrogen and oxygen atoms in total. The molecule has 1 rings (SSSR count). The van der Waals surface area contributed by atoms with Gasteiger partial charge in [0.2, 0.25) is 0 Å². The van der Waals surface area contributed by atoms with Gasteiger partial charge in [-0.2, -0.15) is 15.8 Å². The lowest BCUT2D eigenvalue weighted by atomic mass is 10.1. The average molecular weight is 300 g/mol. The Bertz CT molecular complexity index is 715. The molecule has 0 spiro atoms. The quantitative estimate of drug-likeness (QED) is 0.862. The summed E-state index contributed by atoms with van der Waals surface area (Å²) < 4.78 is 0. The van der Waals surface area contributed by atoms with E-state index in [-0.39, 0.29) is 28.4 Å². The molecule has 1 N–H and O–H groups in total. The molecule has 104 valence electrons. The molecule has 1 aromatic carbocycles. The smallest absolute Gasteiger partial charge is 0.255 e. The highest BCUT2D eigenvalue weighted by Gasteiger charge is 2.16. The highest BCUT2D eigenvalue weighted by molar-refractivity contribution is 6.31. The lowest BCUT2D eigenvalue weighted by Gasteiger charge is -2.15. The first kappa shape index (κ1) is 16.0. The lowest BCUT2D eigenvalue weighted by molar-refractivity contribution is 0.0828. The van der Waals surface area contributed by atoms with E-state index in [9.17, 15) is 4.79 Å². The summed E-state index contributed by atoms with van der Waals surface area (Å²) in [6.07, 6.45) is 0. The summed E-state index contributed by atoms with van der Waals surface area (Å²) in [5.74, 6) is -0.326. The van der Waals surface area contributed by atoms with E-state index in [0.29, 0.717) is 5.02 Å². The molecule has 0 atom stereocenters. The zero-order valence-electron chi connectivity index (χ0n) is 11.3. The Morgan fingerprint density at radius 1 is 1.19 bits per heavy atom. The summed E-state index contributed by atoms with van der Waals surface area (Å²) >= 11 is 5.87. The number of carbonyl (C=O) groups is 1. The molecule has 21 heavy (non-hydrogen) atoms. The van der Waals surface area contributed by atoms with Crippen molar-refractivity contribution >= 4 is 23.2 Å². The van der Waals surface area contributed by atoms with Crippen LogP contribution in [0.15, 0.2) is 29.5 Å². The van der Waals surface area contributed by atoms with Crippen molar-refractivity contribution < 1.29 is 4.79 Å². The van der Waals surface area contributed by atoms with E-state index in [1.54, 1.807) is 32.3 Å². The zero-order chi connectivity index (χ0) is 16.0. The number of nitrogens with zero attached hydrogens (tertiary/aromatic N) is 4. The van der Waals surface area contributed by atoms with Gasteiger partial charge in [0.25, 0.3) is 5.91 Å². The van der Waals surface area contributed by atoms with Gasteiger partial charge in [0.1, 0.15) is 23.9 Å². The molecular formula is C14H10ClN5O. The Hall–Kier alpha value is -3.01. The summed E-state index contributed by atoms with van der Waals surface area (Å²) in [4.78, 5) is 13.4. The van der Waals surface area contributed by atoms with Crippen molar-refractivity contribution in [3.05, 3.63) is 40.1 Å². The van der Waals surface area contributed by atoms with E-state index in [4.69, 9.17) is 27.4 Å². The van der Waals surface area contributed by atoms with E-state index in [2.05, 4.69) is 5.32 Å². The monoisotopic (exact) mass is 299 g/mol. The van der Waals surface area contributed by atoms with E-state index in [0.717, 1.165) is 0 Å². The van der Waals surface area contributed by atoms with Gasteiger partial charge in [0, 0.05) is 19.1 Å². The third-order valence-electron chi connectivity index (χ3n) is 2.46. The minimum atomic E-state index is -0.365. The van der Waals surface area contributed by atoms with Gasteiger partial charge in [-0.05, 0) is 18.2 Å². The van der Waals surface area contributed by atoms with Gasteiger partial charge in [-0.1, -0.05) is 11.6 Å². The number of allylic oxidation sites excluding steroid dienone is 2. The molecule has 1 amide bonds. The molecule has 0 bridgehead atoms. The maximum absolute atomic E-state index is 12.1. The zero-order valence-corrected chi connectivity index (χ0v) is 12.1. The molecule has 0 saturated carbocycles. The third kappa shape index (κ3) is 3.73. The van der Waals surface area contributed by atoms with Gasteiger partial charge in [-0.3, -0.25) is 4.79 Å². The number of nitriles is 3. The standard InChI is InChI=1S/C14H10ClN5O/c1-20(2)14(21)11-5-10(15)3-4-12(11)19-13(8-18)9(6-16)7-17/h3-5,19H,1-2H3. The van der Waals surface area contributed by atoms with Crippen LogP contribution in [-0.4, -0.2) is 24.9 Å². The number of hydrogen-bond acceptors (Lipinski definition) is 5. The number of hydrogen-bond donors (Lipinski definition) is 1. The van der Waals surface area contributed by atoms with Crippen molar-refractivity contribution in [1.82, 2.24) is 4.90 Å². The van der Waals surface area contributed by atoms with Crippen LogP contribution >= 0.6 is 11.6 Å². The number of benzene rings is 1. The Morgan fingerprint density at radius 2 is 1.81 bits per heavy atom. The molecule has 0 saturated heterocycles. The van der Waals surface area contributed by atoms with Crippen molar-refractivity contribution in [3.8, 4) is 18.2 Å². The molecule has 1 aromatic rings. The minimum absolute atomic E-state index is 0.227. The minimum Gasteiger partial charge on any atom is -0.345 e. The van der Waals surface area contributed by atoms with Crippen LogP contribution in [0, 0.1) is 34.0 Å². The van der Waals surface area contributed by atoms with Crippen LogP contribution in [0.2, 0.25) is 5.02 Å². The summed E-state index contributed by atoms with van der Waals surface area (Å²) in [5, 5.41) is 29.6. The summed E-state index contributed by atoms with van der Waals surface area (Å²) in [7, 11) is 3.15. The first-order valence-electron chi connectivity index (χ1n) is 5.67. The fraction of sp³-hybridized carbons (Fsp3) is 0.143. The molecule has 7 heteroatoms. The molecule has 0 radical (unpaired) electrons. The van der Waals surface area contributed by atoms with Crippen molar-refractivity contribution in [2.75, 3.05) is 19.4 Å². The highest BCUT2D eigenvalue weighted by Crippen LogP contribution is 2.23. The predicted molar refractivity (Wildman–Crippen MR) is 77.0 cm³/mol. The number of amides is 1. The second kappa shape index (κ2) is 6.96. The maximum atomic E-state index is 12.1. The lowest BCUT2D eigenvalue weighted by Crippen LogP contribution is -2.23. The first-order chi connectivity index (χ1) is 9.94. The van der Waals surface area contributed by atoms with Gasteiger partial charge in [0.15, 0.2) is 5.57 Å². The average Bonchev–Trinajstić information content (AvgIpc) is 2.47. The van der Waals surface area contributed by atoms with Crippen LogP contribution in [0.5, 0.6) is 0 Å². The molecule has 0 unspecified atom stereocenters. The number of carbonyl (C=O) groups excluding carboxylic acids is 1. The first-order valence-corrected chi connectivity index (χ1v) is 6.05. The summed E-state index contributed by atoms with van der Waals surface area (Å²) in [6, 6.07) is 9.44. The van der Waals surface area contributed by atoms with E-state index < -0.39 is 0 Å². The maximum Gasteiger partial charge on any atom is 0.255 e. The fourth-order valence-corrected chi connectivity index (χ4v) is 1.63. The number of nitrogens with one attached hydrogen (secondary N) is 1. The van der Waals surface area contributed by atoms with Crippen LogP contribution in [0.1, 0.15) is 10.4 Å². The van der Waals surface area contributed by atoms with Gasteiger partial charge in [-0.25, -0.2) is 0 Å². The molecule has 0 aromatic heterocycles. The summed E-state index contributed by atoms with van der Waals surface area (Å²) in [5.41, 5.74) is -0.0704. The molecule has 0 aliphatic heterocycles. The van der Waals surface area contributed by atoms with E-state index in [1.807, 2.05) is 0 Å². The van der Waals surface area contributed by atoms with Gasteiger partial charge in [-0.15, -0.1) is 0 Å². The molecule has 0 aliphatic carbocycles. The molecule has 0 aliphatic rings. The molecule has 0 heterocycles. The number of anilines is 1. The topological polar surface area (TPSA) is 104 Å². The van der Waals surface area contributed by atoms with Crippen LogP contribution in [-0.2, 0) is 0 Å². The van der Waals surface area contributed by atoms with Gasteiger partial charge < -0.3 is 10.2 Å². The molecule has 0 fully saturated rings.